The van der Waals surface area contributed by atoms with Gasteiger partial charge in [-0.25, -0.2) is 0 Å². The first-order chi connectivity index (χ1) is 11.7. The lowest BCUT2D eigenvalue weighted by molar-refractivity contribution is 0.0472. The van der Waals surface area contributed by atoms with Crippen molar-refractivity contribution in [3.05, 3.63) is 35.0 Å². The molecule has 0 radical (unpaired) electrons. The third-order valence-corrected chi connectivity index (χ3v) is 4.83. The second kappa shape index (κ2) is 6.05. The molecule has 3 heterocycles. The van der Waals surface area contributed by atoms with Crippen molar-refractivity contribution in [2.75, 3.05) is 20.3 Å². The first kappa shape index (κ1) is 15.4. The third-order valence-electron chi connectivity index (χ3n) is 4.83. The summed E-state index contributed by atoms with van der Waals surface area (Å²) in [6.45, 7) is 3.81. The number of rotatable bonds is 5. The van der Waals surface area contributed by atoms with Gasteiger partial charge in [-0.15, -0.1) is 0 Å². The average Bonchev–Trinajstić information content (AvgIpc) is 3.13. The van der Waals surface area contributed by atoms with Crippen LogP contribution in [0.4, 0.5) is 0 Å². The van der Waals surface area contributed by atoms with E-state index in [4.69, 9.17) is 9.26 Å². The Balaban J connectivity index is 1.66. The highest BCUT2D eigenvalue weighted by molar-refractivity contribution is 5.92. The Morgan fingerprint density at radius 3 is 2.96 bits per heavy atom. The molecule has 1 aliphatic heterocycles. The highest BCUT2D eigenvalue weighted by Gasteiger charge is 2.36. The standard InChI is InChI=1S/C17H22N4O3/c1-11-7-14(19-24-11)17(22)20-6-5-13-8-18-21(9-12-3-4-12)16(13)15(20)10-23-2/h7-8,12,15H,3-6,9-10H2,1-2H3. The number of nitrogens with zero attached hydrogens (tertiary/aromatic N) is 4. The molecular formula is C17H22N4O3. The van der Waals surface area contributed by atoms with Crippen LogP contribution in [0, 0.1) is 12.8 Å². The minimum absolute atomic E-state index is 0.112. The molecule has 0 spiro atoms. The van der Waals surface area contributed by atoms with Crippen molar-refractivity contribution < 1.29 is 14.1 Å². The predicted octanol–water partition coefficient (Wildman–Crippen LogP) is 1.98. The lowest BCUT2D eigenvalue weighted by Gasteiger charge is -2.35. The number of carbonyl (C=O) groups excluding carboxylic acids is 1. The van der Waals surface area contributed by atoms with Crippen molar-refractivity contribution in [2.24, 2.45) is 5.92 Å². The maximum absolute atomic E-state index is 12.9. The largest absolute Gasteiger partial charge is 0.382 e. The van der Waals surface area contributed by atoms with E-state index in [0.29, 0.717) is 24.6 Å². The normalized spacial score (nSPS) is 20.2. The van der Waals surface area contributed by atoms with E-state index in [1.54, 1.807) is 20.1 Å². The zero-order chi connectivity index (χ0) is 16.7. The molecule has 1 atom stereocenters. The summed E-state index contributed by atoms with van der Waals surface area (Å²) in [6, 6.07) is 1.55. The van der Waals surface area contributed by atoms with Crippen LogP contribution in [0.15, 0.2) is 16.8 Å². The van der Waals surface area contributed by atoms with Gasteiger partial charge in [0, 0.05) is 26.3 Å². The summed E-state index contributed by atoms with van der Waals surface area (Å²) < 4.78 is 12.6. The molecule has 24 heavy (non-hydrogen) atoms. The molecule has 1 saturated carbocycles. The second-order valence-electron chi connectivity index (χ2n) is 6.72. The minimum Gasteiger partial charge on any atom is -0.382 e. The van der Waals surface area contributed by atoms with Gasteiger partial charge in [0.15, 0.2) is 5.69 Å². The fourth-order valence-corrected chi connectivity index (χ4v) is 3.43. The molecule has 0 saturated heterocycles. The molecule has 2 aliphatic rings. The number of carbonyl (C=O) groups is 1. The van der Waals surface area contributed by atoms with E-state index < -0.39 is 0 Å². The molecule has 1 amide bonds. The van der Waals surface area contributed by atoms with Gasteiger partial charge >= 0.3 is 0 Å². The van der Waals surface area contributed by atoms with Crippen molar-refractivity contribution in [1.29, 1.82) is 0 Å². The third kappa shape index (κ3) is 2.73. The second-order valence-corrected chi connectivity index (χ2v) is 6.72. The number of aromatic nitrogens is 3. The van der Waals surface area contributed by atoms with E-state index >= 15 is 0 Å². The fraction of sp³-hybridized carbons (Fsp3) is 0.588. The SMILES string of the molecule is COCC1c2c(cnn2CC2CC2)CCN1C(=O)c1cc(C)on1. The molecular weight excluding hydrogens is 308 g/mol. The molecule has 4 rings (SSSR count). The van der Waals surface area contributed by atoms with E-state index in [1.807, 2.05) is 11.1 Å². The van der Waals surface area contributed by atoms with Gasteiger partial charge in [-0.3, -0.25) is 9.48 Å². The number of fused-ring (bicyclic) bond motifs is 1. The lowest BCUT2D eigenvalue weighted by Crippen LogP contribution is -2.43. The first-order valence-corrected chi connectivity index (χ1v) is 8.45. The van der Waals surface area contributed by atoms with Crippen molar-refractivity contribution in [3.8, 4) is 0 Å². The van der Waals surface area contributed by atoms with E-state index in [9.17, 15) is 4.79 Å². The van der Waals surface area contributed by atoms with Gasteiger partial charge in [0.1, 0.15) is 5.76 Å². The van der Waals surface area contributed by atoms with Gasteiger partial charge < -0.3 is 14.2 Å². The highest BCUT2D eigenvalue weighted by atomic mass is 16.5. The molecule has 7 nitrogen and oxygen atoms in total. The Morgan fingerprint density at radius 1 is 1.46 bits per heavy atom. The number of methoxy groups -OCH3 is 1. The van der Waals surface area contributed by atoms with E-state index in [1.165, 1.54) is 18.4 Å². The summed E-state index contributed by atoms with van der Waals surface area (Å²) in [5.74, 6) is 1.25. The van der Waals surface area contributed by atoms with Crippen LogP contribution in [0.2, 0.25) is 0 Å². The maximum Gasteiger partial charge on any atom is 0.276 e. The molecule has 1 fully saturated rings. The Bertz CT molecular complexity index is 747. The molecule has 7 heteroatoms. The topological polar surface area (TPSA) is 73.4 Å². The fourth-order valence-electron chi connectivity index (χ4n) is 3.43. The molecule has 128 valence electrons. The smallest absolute Gasteiger partial charge is 0.276 e. The molecule has 2 aromatic rings. The Hall–Kier alpha value is -2.15. The first-order valence-electron chi connectivity index (χ1n) is 8.45. The van der Waals surface area contributed by atoms with Crippen molar-refractivity contribution in [3.63, 3.8) is 0 Å². The lowest BCUT2D eigenvalue weighted by atomic mass is 9.99. The summed E-state index contributed by atoms with van der Waals surface area (Å²) in [5, 5.41) is 8.45. The van der Waals surface area contributed by atoms with Crippen LogP contribution in [0.5, 0.6) is 0 Å². The molecule has 2 aromatic heterocycles. The predicted molar refractivity (Wildman–Crippen MR) is 85.5 cm³/mol. The zero-order valence-corrected chi connectivity index (χ0v) is 14.1. The summed E-state index contributed by atoms with van der Waals surface area (Å²) in [7, 11) is 1.67. The van der Waals surface area contributed by atoms with Crippen LogP contribution in [-0.4, -0.2) is 46.0 Å². The Morgan fingerprint density at radius 2 is 2.29 bits per heavy atom. The van der Waals surface area contributed by atoms with Crippen LogP contribution in [0.3, 0.4) is 0 Å². The summed E-state index contributed by atoms with van der Waals surface area (Å²) in [6.07, 6.45) is 5.29. The van der Waals surface area contributed by atoms with E-state index in [0.717, 1.165) is 24.6 Å². The molecule has 1 aliphatic carbocycles. The number of ether oxygens (including phenoxy) is 1. The van der Waals surface area contributed by atoms with Crippen LogP contribution < -0.4 is 0 Å². The Labute approximate surface area is 140 Å². The van der Waals surface area contributed by atoms with Gasteiger partial charge in [-0.05, 0) is 37.7 Å². The highest BCUT2D eigenvalue weighted by Crippen LogP contribution is 2.35. The molecule has 0 aromatic carbocycles. The zero-order valence-electron chi connectivity index (χ0n) is 14.1. The summed E-state index contributed by atoms with van der Waals surface area (Å²) >= 11 is 0. The summed E-state index contributed by atoms with van der Waals surface area (Å²) in [5.41, 5.74) is 2.69. The molecule has 0 bridgehead atoms. The minimum atomic E-state index is -0.135. The van der Waals surface area contributed by atoms with Crippen LogP contribution in [-0.2, 0) is 17.7 Å². The van der Waals surface area contributed by atoms with Gasteiger partial charge in [0.25, 0.3) is 5.91 Å². The van der Waals surface area contributed by atoms with E-state index in [2.05, 4.69) is 14.9 Å². The molecule has 0 N–H and O–H groups in total. The van der Waals surface area contributed by atoms with Gasteiger partial charge in [-0.1, -0.05) is 5.16 Å². The van der Waals surface area contributed by atoms with Gasteiger partial charge in [-0.2, -0.15) is 5.10 Å². The maximum atomic E-state index is 12.9. The Kier molecular flexibility index (Phi) is 3.88. The van der Waals surface area contributed by atoms with E-state index in [-0.39, 0.29) is 11.9 Å². The van der Waals surface area contributed by atoms with Gasteiger partial charge in [0.2, 0.25) is 0 Å². The number of hydrogen-bond acceptors (Lipinski definition) is 5. The van der Waals surface area contributed by atoms with Gasteiger partial charge in [0.05, 0.1) is 24.5 Å². The average molecular weight is 330 g/mol. The molecule has 1 unspecified atom stereocenters. The summed E-state index contributed by atoms with van der Waals surface area (Å²) in [4.78, 5) is 14.7. The van der Waals surface area contributed by atoms with Crippen LogP contribution in [0.1, 0.15) is 46.4 Å². The van der Waals surface area contributed by atoms with Crippen molar-refractivity contribution in [1.82, 2.24) is 19.8 Å². The quantitative estimate of drug-likeness (QED) is 0.838. The van der Waals surface area contributed by atoms with Crippen molar-refractivity contribution >= 4 is 5.91 Å². The van der Waals surface area contributed by atoms with Crippen molar-refractivity contribution in [2.45, 2.75) is 38.8 Å². The number of hydrogen-bond donors (Lipinski definition) is 0. The number of amides is 1. The van der Waals surface area contributed by atoms with Crippen LogP contribution in [0.25, 0.3) is 0 Å². The number of aryl methyl sites for hydroxylation is 1. The monoisotopic (exact) mass is 330 g/mol. The van der Waals surface area contributed by atoms with Crippen LogP contribution >= 0.6 is 0 Å².